The smallest absolute Gasteiger partial charge is 0.156 e. The van der Waals surface area contributed by atoms with E-state index in [-0.39, 0.29) is 10.7 Å². The number of nitrogens with zero attached hydrogens (tertiary/aromatic N) is 2. The number of rotatable bonds is 4. The SMILES string of the molecule is C#CCCNc1nc(C)nc(Cl)c1C=O. The fourth-order valence-corrected chi connectivity index (χ4v) is 1.30. The Kier molecular flexibility index (Phi) is 4.07. The molecule has 0 saturated carbocycles. The lowest BCUT2D eigenvalue weighted by atomic mass is 10.3. The summed E-state index contributed by atoms with van der Waals surface area (Å²) in [6.45, 7) is 2.25. The normalized spacial score (nSPS) is 9.40. The third kappa shape index (κ3) is 2.93. The Balaban J connectivity index is 2.94. The third-order valence-electron chi connectivity index (χ3n) is 1.69. The molecule has 78 valence electrons. The summed E-state index contributed by atoms with van der Waals surface area (Å²) in [5, 5.41) is 3.09. The van der Waals surface area contributed by atoms with Gasteiger partial charge in [-0.1, -0.05) is 11.6 Å². The van der Waals surface area contributed by atoms with Crippen LogP contribution in [0.15, 0.2) is 0 Å². The number of aryl methyl sites for hydroxylation is 1. The first-order chi connectivity index (χ1) is 7.19. The molecule has 1 aromatic rings. The third-order valence-corrected chi connectivity index (χ3v) is 1.98. The monoisotopic (exact) mass is 223 g/mol. The molecule has 4 nitrogen and oxygen atoms in total. The highest BCUT2D eigenvalue weighted by Gasteiger charge is 2.09. The summed E-state index contributed by atoms with van der Waals surface area (Å²) in [5.74, 6) is 3.41. The Morgan fingerprint density at radius 3 is 2.93 bits per heavy atom. The molecule has 0 aliphatic rings. The van der Waals surface area contributed by atoms with Crippen molar-refractivity contribution in [2.24, 2.45) is 0 Å². The van der Waals surface area contributed by atoms with Gasteiger partial charge in [0.25, 0.3) is 0 Å². The second-order valence-electron chi connectivity index (χ2n) is 2.82. The molecule has 0 atom stereocenters. The van der Waals surface area contributed by atoms with Crippen LogP contribution in [0.5, 0.6) is 0 Å². The van der Waals surface area contributed by atoms with Crippen LogP contribution in [0.3, 0.4) is 0 Å². The number of hydrogen-bond acceptors (Lipinski definition) is 4. The quantitative estimate of drug-likeness (QED) is 0.365. The number of aldehydes is 1. The average Bonchev–Trinajstić information content (AvgIpc) is 2.17. The van der Waals surface area contributed by atoms with Crippen molar-refractivity contribution in [1.82, 2.24) is 9.97 Å². The molecule has 0 amide bonds. The van der Waals surface area contributed by atoms with Crippen molar-refractivity contribution in [3.63, 3.8) is 0 Å². The number of carbonyl (C=O) groups excluding carboxylic acids is 1. The highest BCUT2D eigenvalue weighted by Crippen LogP contribution is 2.18. The van der Waals surface area contributed by atoms with Crippen LogP contribution >= 0.6 is 11.6 Å². The van der Waals surface area contributed by atoms with Gasteiger partial charge in [-0.3, -0.25) is 4.79 Å². The highest BCUT2D eigenvalue weighted by molar-refractivity contribution is 6.32. The van der Waals surface area contributed by atoms with Gasteiger partial charge in [-0.15, -0.1) is 12.3 Å². The summed E-state index contributed by atoms with van der Waals surface area (Å²) in [6, 6.07) is 0. The van der Waals surface area contributed by atoms with Crippen LogP contribution in [0, 0.1) is 19.3 Å². The van der Waals surface area contributed by atoms with Gasteiger partial charge in [-0.25, -0.2) is 9.97 Å². The Morgan fingerprint density at radius 1 is 1.60 bits per heavy atom. The van der Waals surface area contributed by atoms with Gasteiger partial charge in [0, 0.05) is 13.0 Å². The lowest BCUT2D eigenvalue weighted by molar-refractivity contribution is 0.112. The van der Waals surface area contributed by atoms with Crippen LogP contribution in [-0.4, -0.2) is 22.8 Å². The van der Waals surface area contributed by atoms with Crippen LogP contribution in [0.4, 0.5) is 5.82 Å². The fourth-order valence-electron chi connectivity index (χ4n) is 1.04. The molecule has 0 aliphatic carbocycles. The number of hydrogen-bond donors (Lipinski definition) is 1. The standard InChI is InChI=1S/C10H10ClN3O/c1-3-4-5-12-10-8(6-15)9(11)13-7(2)14-10/h1,6H,4-5H2,2H3,(H,12,13,14). The van der Waals surface area contributed by atoms with Crippen LogP contribution in [-0.2, 0) is 0 Å². The predicted octanol–water partition coefficient (Wildman–Crippen LogP) is 1.69. The molecular formula is C10H10ClN3O. The number of anilines is 1. The first-order valence-corrected chi connectivity index (χ1v) is 4.73. The van der Waals surface area contributed by atoms with E-state index in [2.05, 4.69) is 21.2 Å². The Hall–Kier alpha value is -1.60. The van der Waals surface area contributed by atoms with Crippen LogP contribution < -0.4 is 5.32 Å². The van der Waals surface area contributed by atoms with Crippen molar-refractivity contribution in [3.05, 3.63) is 16.5 Å². The van der Waals surface area contributed by atoms with Crippen molar-refractivity contribution in [2.75, 3.05) is 11.9 Å². The summed E-state index contributed by atoms with van der Waals surface area (Å²) >= 11 is 5.78. The maximum absolute atomic E-state index is 10.7. The first-order valence-electron chi connectivity index (χ1n) is 4.35. The molecule has 0 aromatic carbocycles. The molecule has 1 N–H and O–H groups in total. The van der Waals surface area contributed by atoms with Gasteiger partial charge in [-0.2, -0.15) is 0 Å². The van der Waals surface area contributed by atoms with E-state index in [0.717, 1.165) is 0 Å². The molecule has 0 bridgehead atoms. The molecule has 15 heavy (non-hydrogen) atoms. The van der Waals surface area contributed by atoms with E-state index in [9.17, 15) is 4.79 Å². The van der Waals surface area contributed by atoms with E-state index in [1.807, 2.05) is 0 Å². The number of nitrogens with one attached hydrogen (secondary N) is 1. The number of halogens is 1. The zero-order valence-electron chi connectivity index (χ0n) is 8.25. The van der Waals surface area contributed by atoms with Gasteiger partial charge >= 0.3 is 0 Å². The minimum absolute atomic E-state index is 0.153. The molecule has 5 heteroatoms. The van der Waals surface area contributed by atoms with Crippen molar-refractivity contribution < 1.29 is 4.79 Å². The van der Waals surface area contributed by atoms with Gasteiger partial charge in [0.15, 0.2) is 6.29 Å². The topological polar surface area (TPSA) is 54.9 Å². The average molecular weight is 224 g/mol. The van der Waals surface area contributed by atoms with Gasteiger partial charge < -0.3 is 5.32 Å². The summed E-state index contributed by atoms with van der Waals surface area (Å²) in [6.07, 6.45) is 6.28. The second kappa shape index (κ2) is 5.32. The maximum atomic E-state index is 10.7. The van der Waals surface area contributed by atoms with E-state index in [1.54, 1.807) is 6.92 Å². The summed E-state index contributed by atoms with van der Waals surface area (Å²) in [7, 11) is 0. The summed E-state index contributed by atoms with van der Waals surface area (Å²) < 4.78 is 0. The minimum Gasteiger partial charge on any atom is -0.368 e. The minimum atomic E-state index is 0.153. The zero-order chi connectivity index (χ0) is 11.3. The molecule has 0 spiro atoms. The van der Waals surface area contributed by atoms with Crippen LogP contribution in [0.2, 0.25) is 5.15 Å². The lowest BCUT2D eigenvalue weighted by Crippen LogP contribution is -2.08. The molecule has 0 saturated heterocycles. The first kappa shape index (κ1) is 11.5. The number of carbonyl (C=O) groups is 1. The van der Waals surface area contributed by atoms with Crippen LogP contribution in [0.25, 0.3) is 0 Å². The Bertz CT molecular complexity index is 412. The van der Waals surface area contributed by atoms with E-state index in [4.69, 9.17) is 18.0 Å². The van der Waals surface area contributed by atoms with E-state index in [1.165, 1.54) is 0 Å². The van der Waals surface area contributed by atoms with E-state index in [0.29, 0.717) is 30.9 Å². The van der Waals surface area contributed by atoms with Gasteiger partial charge in [0.05, 0.1) is 5.56 Å². The molecular weight excluding hydrogens is 214 g/mol. The second-order valence-corrected chi connectivity index (χ2v) is 3.18. The fraction of sp³-hybridized carbons (Fsp3) is 0.300. The molecule has 1 rings (SSSR count). The van der Waals surface area contributed by atoms with Crippen molar-refractivity contribution in [3.8, 4) is 12.3 Å². The van der Waals surface area contributed by atoms with Crippen molar-refractivity contribution in [2.45, 2.75) is 13.3 Å². The molecule has 1 heterocycles. The number of terminal acetylenes is 1. The summed E-state index contributed by atoms with van der Waals surface area (Å²) in [5.41, 5.74) is 0.263. The van der Waals surface area contributed by atoms with Gasteiger partial charge in [0.1, 0.15) is 16.8 Å². The predicted molar refractivity (Wildman–Crippen MR) is 59.1 cm³/mol. The van der Waals surface area contributed by atoms with Crippen molar-refractivity contribution >= 4 is 23.7 Å². The number of aromatic nitrogens is 2. The largest absolute Gasteiger partial charge is 0.368 e. The van der Waals surface area contributed by atoms with Crippen LogP contribution in [0.1, 0.15) is 22.6 Å². The molecule has 0 aliphatic heterocycles. The molecule has 0 radical (unpaired) electrons. The molecule has 0 fully saturated rings. The van der Waals surface area contributed by atoms with Gasteiger partial charge in [0.2, 0.25) is 0 Å². The summed E-state index contributed by atoms with van der Waals surface area (Å²) in [4.78, 5) is 18.7. The van der Waals surface area contributed by atoms with E-state index < -0.39 is 0 Å². The molecule has 1 aromatic heterocycles. The highest BCUT2D eigenvalue weighted by atomic mass is 35.5. The Labute approximate surface area is 93.1 Å². The van der Waals surface area contributed by atoms with E-state index >= 15 is 0 Å². The lowest BCUT2D eigenvalue weighted by Gasteiger charge is -2.07. The maximum Gasteiger partial charge on any atom is 0.156 e. The van der Waals surface area contributed by atoms with Gasteiger partial charge in [-0.05, 0) is 6.92 Å². The van der Waals surface area contributed by atoms with Crippen molar-refractivity contribution in [1.29, 1.82) is 0 Å². The zero-order valence-corrected chi connectivity index (χ0v) is 9.01. The molecule has 0 unspecified atom stereocenters. The Morgan fingerprint density at radius 2 is 2.33 bits per heavy atom.